The van der Waals surface area contributed by atoms with Crippen LogP contribution >= 0.6 is 11.3 Å². The second kappa shape index (κ2) is 12.2. The van der Waals surface area contributed by atoms with Gasteiger partial charge in [-0.3, -0.25) is 14.4 Å². The van der Waals surface area contributed by atoms with Crippen LogP contribution in [0.15, 0.2) is 12.1 Å². The lowest BCUT2D eigenvalue weighted by Gasteiger charge is -2.32. The quantitative estimate of drug-likeness (QED) is 0.282. The number of hydrogen-bond donors (Lipinski definition) is 3. The number of carboxylic acids is 1. The van der Waals surface area contributed by atoms with Gasteiger partial charge in [-0.25, -0.2) is 4.98 Å². The van der Waals surface area contributed by atoms with Crippen LogP contribution in [-0.2, 0) is 26.8 Å². The highest BCUT2D eigenvalue weighted by Gasteiger charge is 2.49. The number of aromatic nitrogens is 1. The van der Waals surface area contributed by atoms with Crippen molar-refractivity contribution in [2.75, 3.05) is 13.2 Å². The lowest BCUT2D eigenvalue weighted by molar-refractivity contribution is -0.139. The van der Waals surface area contributed by atoms with Gasteiger partial charge in [-0.1, -0.05) is 52.9 Å². The number of hydrogen-bond acceptors (Lipinski definition) is 6. The van der Waals surface area contributed by atoms with Crippen molar-refractivity contribution in [3.63, 3.8) is 0 Å². The van der Waals surface area contributed by atoms with Gasteiger partial charge < -0.3 is 20.5 Å². The Labute approximate surface area is 259 Å². The lowest BCUT2D eigenvalue weighted by Crippen LogP contribution is -2.51. The number of benzene rings is 1. The Kier molecular flexibility index (Phi) is 8.94. The number of nitrogens with one attached hydrogen (secondary N) is 2. The third kappa shape index (κ3) is 7.41. The summed E-state index contributed by atoms with van der Waals surface area (Å²) in [6.45, 7) is 11.3. The lowest BCUT2D eigenvalue weighted by atomic mass is 9.79. The van der Waals surface area contributed by atoms with Crippen molar-refractivity contribution in [3.05, 3.63) is 34.0 Å². The summed E-state index contributed by atoms with van der Waals surface area (Å²) in [4.78, 5) is 42.6. The minimum atomic E-state index is -1.02. The number of fused-ring (bicyclic) bond motifs is 2. The van der Waals surface area contributed by atoms with E-state index >= 15 is 0 Å². The van der Waals surface area contributed by atoms with Crippen molar-refractivity contribution in [1.82, 2.24) is 15.6 Å². The molecule has 234 valence electrons. The monoisotopic (exact) mass is 609 g/mol. The first-order valence-corrected chi connectivity index (χ1v) is 16.7. The van der Waals surface area contributed by atoms with E-state index in [9.17, 15) is 14.4 Å². The SMILES string of the molecule is CC(C)(CNC(=O)c1nc(CC2CCCCC2)c(-c2cc(C(C)(C)C)c3c(c2)C2(CCO3)CC2)s1)NC(=O)CCC(=O)O. The first kappa shape index (κ1) is 31.5. The van der Waals surface area contributed by atoms with Gasteiger partial charge in [0, 0.05) is 29.5 Å². The number of carbonyl (C=O) groups is 3. The van der Waals surface area contributed by atoms with E-state index in [1.807, 2.05) is 13.8 Å². The molecule has 3 N–H and O–H groups in total. The second-order valence-electron chi connectivity index (χ2n) is 14.5. The molecule has 0 atom stereocenters. The van der Waals surface area contributed by atoms with Gasteiger partial charge in [-0.05, 0) is 68.6 Å². The molecule has 2 amide bonds. The number of ether oxygens (including phenoxy) is 1. The Balaban J connectivity index is 1.43. The maximum atomic E-state index is 13.5. The van der Waals surface area contributed by atoms with Crippen LogP contribution in [0.25, 0.3) is 10.4 Å². The Morgan fingerprint density at radius 1 is 1.05 bits per heavy atom. The zero-order valence-electron chi connectivity index (χ0n) is 26.4. The Morgan fingerprint density at radius 3 is 2.42 bits per heavy atom. The normalized spacial score (nSPS) is 18.1. The van der Waals surface area contributed by atoms with E-state index < -0.39 is 11.5 Å². The fourth-order valence-corrected chi connectivity index (χ4v) is 7.58. The molecule has 3 aliphatic rings. The molecule has 5 rings (SSSR count). The minimum Gasteiger partial charge on any atom is -0.493 e. The highest BCUT2D eigenvalue weighted by atomic mass is 32.1. The van der Waals surface area contributed by atoms with Crippen LogP contribution in [0.5, 0.6) is 5.75 Å². The number of nitrogens with zero attached hydrogens (tertiary/aromatic N) is 1. The molecule has 0 saturated heterocycles. The molecule has 0 unspecified atom stereocenters. The first-order valence-electron chi connectivity index (χ1n) is 15.9. The summed E-state index contributed by atoms with van der Waals surface area (Å²) in [5.41, 5.74) is 4.06. The van der Waals surface area contributed by atoms with Gasteiger partial charge in [0.2, 0.25) is 5.91 Å². The van der Waals surface area contributed by atoms with Crippen LogP contribution in [0.1, 0.15) is 125 Å². The van der Waals surface area contributed by atoms with Gasteiger partial charge in [0.05, 0.1) is 29.1 Å². The summed E-state index contributed by atoms with van der Waals surface area (Å²) in [5, 5.41) is 15.1. The molecule has 1 aromatic carbocycles. The van der Waals surface area contributed by atoms with E-state index in [1.165, 1.54) is 67.4 Å². The fraction of sp³-hybridized carbons (Fsp3) is 0.647. The molecule has 2 fully saturated rings. The summed E-state index contributed by atoms with van der Waals surface area (Å²) < 4.78 is 6.33. The van der Waals surface area contributed by atoms with E-state index in [0.29, 0.717) is 10.9 Å². The van der Waals surface area contributed by atoms with Crippen LogP contribution in [0.3, 0.4) is 0 Å². The number of carboxylic acid groups (broad SMARTS) is 1. The average molecular weight is 610 g/mol. The molecule has 2 aliphatic carbocycles. The predicted molar refractivity (Wildman–Crippen MR) is 169 cm³/mol. The van der Waals surface area contributed by atoms with Crippen LogP contribution in [0, 0.1) is 5.92 Å². The molecule has 1 spiro atoms. The van der Waals surface area contributed by atoms with E-state index in [2.05, 4.69) is 43.5 Å². The van der Waals surface area contributed by atoms with Crippen molar-refractivity contribution in [3.8, 4) is 16.2 Å². The standard InChI is InChI=1S/C34H47N3O5S/c1-32(2,3)23-18-22(19-24-28(23)42-16-15-34(24)13-14-34)29-25(17-21-9-7-6-8-10-21)36-31(43-29)30(41)35-20-33(4,5)37-26(38)11-12-27(39)40/h18-19,21H,6-17,20H2,1-5H3,(H,35,41)(H,37,38)(H,39,40). The highest BCUT2D eigenvalue weighted by molar-refractivity contribution is 7.17. The number of aliphatic carboxylic acids is 1. The smallest absolute Gasteiger partial charge is 0.303 e. The molecule has 2 heterocycles. The van der Waals surface area contributed by atoms with Gasteiger partial charge >= 0.3 is 5.97 Å². The molecular formula is C34H47N3O5S. The van der Waals surface area contributed by atoms with Crippen molar-refractivity contribution in [1.29, 1.82) is 0 Å². The largest absolute Gasteiger partial charge is 0.493 e. The molecule has 1 aliphatic heterocycles. The van der Waals surface area contributed by atoms with Gasteiger partial charge in [0.25, 0.3) is 5.91 Å². The maximum absolute atomic E-state index is 13.5. The first-order chi connectivity index (χ1) is 20.3. The average Bonchev–Trinajstić information content (AvgIpc) is 3.59. The Hall–Kier alpha value is -2.94. The number of thiazole rings is 1. The van der Waals surface area contributed by atoms with Crippen molar-refractivity contribution in [2.24, 2.45) is 5.92 Å². The zero-order valence-corrected chi connectivity index (χ0v) is 27.2. The molecule has 0 bridgehead atoms. The van der Waals surface area contributed by atoms with E-state index in [0.717, 1.165) is 41.3 Å². The third-order valence-corrected chi connectivity index (χ3v) is 10.4. The van der Waals surface area contributed by atoms with Gasteiger partial charge in [-0.15, -0.1) is 11.3 Å². The highest BCUT2D eigenvalue weighted by Crippen LogP contribution is 2.58. The number of rotatable bonds is 10. The zero-order chi connectivity index (χ0) is 31.0. The van der Waals surface area contributed by atoms with Gasteiger partial charge in [0.15, 0.2) is 5.01 Å². The molecule has 8 nitrogen and oxygen atoms in total. The van der Waals surface area contributed by atoms with Crippen molar-refractivity contribution >= 4 is 29.1 Å². The van der Waals surface area contributed by atoms with Crippen LogP contribution < -0.4 is 15.4 Å². The summed E-state index contributed by atoms with van der Waals surface area (Å²) in [7, 11) is 0. The van der Waals surface area contributed by atoms with Crippen LogP contribution in [0.4, 0.5) is 0 Å². The molecule has 2 aromatic rings. The van der Waals surface area contributed by atoms with Gasteiger partial charge in [-0.2, -0.15) is 0 Å². The molecule has 43 heavy (non-hydrogen) atoms. The Bertz CT molecular complexity index is 1360. The van der Waals surface area contributed by atoms with Crippen molar-refractivity contribution < 1.29 is 24.2 Å². The van der Waals surface area contributed by atoms with Gasteiger partial charge in [0.1, 0.15) is 5.75 Å². The Morgan fingerprint density at radius 2 is 1.77 bits per heavy atom. The summed E-state index contributed by atoms with van der Waals surface area (Å²) >= 11 is 1.46. The second-order valence-corrected chi connectivity index (χ2v) is 15.5. The van der Waals surface area contributed by atoms with Crippen LogP contribution in [0.2, 0.25) is 0 Å². The maximum Gasteiger partial charge on any atom is 0.303 e. The predicted octanol–water partition coefficient (Wildman–Crippen LogP) is 6.53. The van der Waals surface area contributed by atoms with E-state index in [1.54, 1.807) is 0 Å². The summed E-state index contributed by atoms with van der Waals surface area (Å²) in [6, 6.07) is 4.60. The van der Waals surface area contributed by atoms with E-state index in [-0.39, 0.29) is 42.0 Å². The van der Waals surface area contributed by atoms with Crippen molar-refractivity contribution in [2.45, 2.75) is 122 Å². The molecule has 9 heteroatoms. The molecule has 2 saturated carbocycles. The summed E-state index contributed by atoms with van der Waals surface area (Å²) in [5.74, 6) is 0.00268. The topological polar surface area (TPSA) is 118 Å². The molecule has 0 radical (unpaired) electrons. The number of carbonyl (C=O) groups excluding carboxylic acids is 2. The third-order valence-electron chi connectivity index (χ3n) is 9.24. The molecular weight excluding hydrogens is 562 g/mol. The van der Waals surface area contributed by atoms with E-state index in [4.69, 9.17) is 14.8 Å². The minimum absolute atomic E-state index is 0.0948. The molecule has 1 aromatic heterocycles. The van der Waals surface area contributed by atoms with Crippen LogP contribution in [-0.4, -0.2) is 46.6 Å². The number of amides is 2. The fourth-order valence-electron chi connectivity index (χ4n) is 6.58. The summed E-state index contributed by atoms with van der Waals surface area (Å²) in [6.07, 6.45) is 10.2.